The fourth-order valence-corrected chi connectivity index (χ4v) is 3.85. The Morgan fingerprint density at radius 1 is 1.28 bits per heavy atom. The van der Waals surface area contributed by atoms with Gasteiger partial charge in [0.15, 0.2) is 5.16 Å². The summed E-state index contributed by atoms with van der Waals surface area (Å²) in [5.41, 5.74) is 0.629. The minimum absolute atomic E-state index is 0.0148. The summed E-state index contributed by atoms with van der Waals surface area (Å²) in [6.45, 7) is 3.93. The third-order valence-corrected chi connectivity index (χ3v) is 5.69. The van der Waals surface area contributed by atoms with Crippen molar-refractivity contribution in [1.82, 2.24) is 9.55 Å². The third kappa shape index (κ3) is 4.44. The highest BCUT2D eigenvalue weighted by Crippen LogP contribution is 2.27. The maximum absolute atomic E-state index is 12.7. The van der Waals surface area contributed by atoms with Gasteiger partial charge in [0.2, 0.25) is 5.91 Å². The number of fused-ring (bicyclic) bond motifs is 1. The Morgan fingerprint density at radius 3 is 2.69 bits per heavy atom. The lowest BCUT2D eigenvalue weighted by Gasteiger charge is -2.16. The van der Waals surface area contributed by atoms with Crippen molar-refractivity contribution in [2.75, 3.05) is 5.32 Å². The lowest BCUT2D eigenvalue weighted by Crippen LogP contribution is -2.26. The number of hydrogen-bond acceptors (Lipinski definition) is 5. The second-order valence-electron chi connectivity index (χ2n) is 6.21. The highest BCUT2D eigenvalue weighted by Gasteiger charge is 2.20. The van der Waals surface area contributed by atoms with E-state index in [2.05, 4.69) is 10.3 Å². The van der Waals surface area contributed by atoms with Gasteiger partial charge in [-0.15, -0.1) is 0 Å². The van der Waals surface area contributed by atoms with Crippen LogP contribution in [0.25, 0.3) is 10.9 Å². The van der Waals surface area contributed by atoms with E-state index in [0.29, 0.717) is 22.6 Å². The van der Waals surface area contributed by atoms with Gasteiger partial charge in [-0.1, -0.05) is 35.5 Å². The molecule has 3 aromatic rings. The van der Waals surface area contributed by atoms with Gasteiger partial charge in [-0.25, -0.2) is 9.78 Å². The molecule has 0 aliphatic rings. The summed E-state index contributed by atoms with van der Waals surface area (Å²) in [4.78, 5) is 41.0. The number of thioether (sulfide) groups is 1. The minimum Gasteiger partial charge on any atom is -0.478 e. The van der Waals surface area contributed by atoms with Crippen LogP contribution in [0.3, 0.4) is 0 Å². The van der Waals surface area contributed by atoms with Gasteiger partial charge >= 0.3 is 5.97 Å². The molecule has 0 radical (unpaired) electrons. The van der Waals surface area contributed by atoms with Gasteiger partial charge in [0.25, 0.3) is 5.56 Å². The molecule has 150 valence electrons. The average molecular weight is 432 g/mol. The number of nitrogens with one attached hydrogen (secondary N) is 1. The van der Waals surface area contributed by atoms with Gasteiger partial charge in [0.1, 0.15) is 0 Å². The largest absolute Gasteiger partial charge is 0.478 e. The number of carboxylic acid groups (broad SMARTS) is 1. The van der Waals surface area contributed by atoms with Gasteiger partial charge in [0, 0.05) is 6.54 Å². The van der Waals surface area contributed by atoms with Gasteiger partial charge in [-0.2, -0.15) is 0 Å². The molecule has 9 heteroatoms. The zero-order valence-electron chi connectivity index (χ0n) is 15.7. The zero-order chi connectivity index (χ0) is 21.1. The predicted molar refractivity (Wildman–Crippen MR) is 114 cm³/mol. The summed E-state index contributed by atoms with van der Waals surface area (Å²) in [5, 5.41) is 12.3. The molecule has 29 heavy (non-hydrogen) atoms. The first-order valence-corrected chi connectivity index (χ1v) is 10.1. The molecule has 7 nitrogen and oxygen atoms in total. The van der Waals surface area contributed by atoms with Crippen molar-refractivity contribution < 1.29 is 14.7 Å². The minimum atomic E-state index is -1.12. The molecule has 2 aromatic carbocycles. The number of anilines is 1. The van der Waals surface area contributed by atoms with Gasteiger partial charge in [-0.05, 0) is 44.2 Å². The summed E-state index contributed by atoms with van der Waals surface area (Å²) >= 11 is 7.22. The summed E-state index contributed by atoms with van der Waals surface area (Å²) < 4.78 is 1.52. The molecule has 1 aromatic heterocycles. The lowest BCUT2D eigenvalue weighted by molar-refractivity contribution is -0.115. The number of rotatable bonds is 6. The SMILES string of the molecule is CCn1c(SC(C)C(=O)Nc2cc(C(=O)O)ccc2Cl)nc2ccccc2c1=O. The Kier molecular flexibility index (Phi) is 6.24. The molecule has 0 aliphatic heterocycles. The van der Waals surface area contributed by atoms with Crippen molar-refractivity contribution in [2.24, 2.45) is 0 Å². The summed E-state index contributed by atoms with van der Waals surface area (Å²) in [6, 6.07) is 11.1. The number of carbonyl (C=O) groups excluding carboxylic acids is 1. The number of aromatic nitrogens is 2. The van der Waals surface area contributed by atoms with Crippen LogP contribution in [0.5, 0.6) is 0 Å². The number of hydrogen-bond donors (Lipinski definition) is 2. The van der Waals surface area contributed by atoms with E-state index >= 15 is 0 Å². The first-order chi connectivity index (χ1) is 13.8. The summed E-state index contributed by atoms with van der Waals surface area (Å²) in [5.74, 6) is -1.50. The number of amides is 1. The Labute approximate surface area is 175 Å². The molecule has 1 atom stereocenters. The van der Waals surface area contributed by atoms with Crippen LogP contribution in [0, 0.1) is 0 Å². The number of aromatic carboxylic acids is 1. The van der Waals surface area contributed by atoms with E-state index in [1.807, 2.05) is 6.92 Å². The van der Waals surface area contributed by atoms with E-state index in [1.54, 1.807) is 31.2 Å². The molecule has 1 heterocycles. The normalized spacial score (nSPS) is 12.0. The number of halogens is 1. The van der Waals surface area contributed by atoms with Gasteiger partial charge in [0.05, 0.1) is 32.4 Å². The molecule has 0 spiro atoms. The van der Waals surface area contributed by atoms with Crippen LogP contribution in [0.4, 0.5) is 5.69 Å². The van der Waals surface area contributed by atoms with E-state index in [-0.39, 0.29) is 27.7 Å². The third-order valence-electron chi connectivity index (χ3n) is 4.27. The Balaban J connectivity index is 1.86. The smallest absolute Gasteiger partial charge is 0.335 e. The van der Waals surface area contributed by atoms with Crippen molar-refractivity contribution in [3.63, 3.8) is 0 Å². The number of nitrogens with zero attached hydrogens (tertiary/aromatic N) is 2. The number of para-hydroxylation sites is 1. The molecule has 0 fully saturated rings. The maximum Gasteiger partial charge on any atom is 0.335 e. The van der Waals surface area contributed by atoms with E-state index in [4.69, 9.17) is 16.7 Å². The van der Waals surface area contributed by atoms with Crippen LogP contribution in [0.2, 0.25) is 5.02 Å². The second-order valence-corrected chi connectivity index (χ2v) is 7.93. The highest BCUT2D eigenvalue weighted by atomic mass is 35.5. The summed E-state index contributed by atoms with van der Waals surface area (Å²) in [7, 11) is 0. The van der Waals surface area contributed by atoms with Crippen LogP contribution in [0.15, 0.2) is 52.4 Å². The van der Waals surface area contributed by atoms with Crippen molar-refractivity contribution >= 4 is 51.8 Å². The quantitative estimate of drug-likeness (QED) is 0.453. The highest BCUT2D eigenvalue weighted by molar-refractivity contribution is 8.00. The monoisotopic (exact) mass is 431 g/mol. The van der Waals surface area contributed by atoms with Crippen molar-refractivity contribution in [2.45, 2.75) is 30.8 Å². The van der Waals surface area contributed by atoms with Crippen molar-refractivity contribution in [3.05, 3.63) is 63.4 Å². The standard InChI is InChI=1S/C20H18ClN3O4S/c1-3-24-18(26)13-6-4-5-7-15(13)23-20(24)29-11(2)17(25)22-16-10-12(19(27)28)8-9-14(16)21/h4-11H,3H2,1-2H3,(H,22,25)(H,27,28). The topological polar surface area (TPSA) is 101 Å². The number of benzene rings is 2. The first kappa shape index (κ1) is 20.9. The molecular weight excluding hydrogens is 414 g/mol. The van der Waals surface area contributed by atoms with Gasteiger partial charge < -0.3 is 10.4 Å². The van der Waals surface area contributed by atoms with Crippen LogP contribution < -0.4 is 10.9 Å². The van der Waals surface area contributed by atoms with E-state index in [1.165, 1.54) is 22.8 Å². The number of carboxylic acids is 1. The Bertz CT molecular complexity index is 1160. The van der Waals surface area contributed by atoms with Gasteiger partial charge in [-0.3, -0.25) is 14.2 Å². The fourth-order valence-electron chi connectivity index (χ4n) is 2.72. The molecule has 2 N–H and O–H groups in total. The first-order valence-electron chi connectivity index (χ1n) is 8.81. The molecular formula is C20H18ClN3O4S. The molecule has 0 bridgehead atoms. The van der Waals surface area contributed by atoms with E-state index in [9.17, 15) is 14.4 Å². The molecule has 1 amide bonds. The zero-order valence-corrected chi connectivity index (χ0v) is 17.3. The lowest BCUT2D eigenvalue weighted by atomic mass is 10.2. The molecule has 0 aliphatic carbocycles. The Morgan fingerprint density at radius 2 is 2.00 bits per heavy atom. The predicted octanol–water partition coefficient (Wildman–Crippen LogP) is 3.89. The van der Waals surface area contributed by atoms with Crippen molar-refractivity contribution in [3.8, 4) is 0 Å². The number of carbonyl (C=O) groups is 2. The average Bonchev–Trinajstić information content (AvgIpc) is 2.69. The Hall–Kier alpha value is -2.84. The van der Waals surface area contributed by atoms with Crippen LogP contribution >= 0.6 is 23.4 Å². The molecule has 3 rings (SSSR count). The molecule has 0 saturated heterocycles. The van der Waals surface area contributed by atoms with Crippen LogP contribution in [0.1, 0.15) is 24.2 Å². The van der Waals surface area contributed by atoms with Crippen LogP contribution in [-0.2, 0) is 11.3 Å². The fraction of sp³-hybridized carbons (Fsp3) is 0.200. The molecule has 1 unspecified atom stereocenters. The molecule has 0 saturated carbocycles. The van der Waals surface area contributed by atoms with E-state index < -0.39 is 11.2 Å². The summed E-state index contributed by atoms with van der Waals surface area (Å²) in [6.07, 6.45) is 0. The maximum atomic E-state index is 12.7. The second kappa shape index (κ2) is 8.67. The van der Waals surface area contributed by atoms with Crippen molar-refractivity contribution in [1.29, 1.82) is 0 Å². The van der Waals surface area contributed by atoms with E-state index in [0.717, 1.165) is 11.8 Å². The van der Waals surface area contributed by atoms with Crippen LogP contribution in [-0.4, -0.2) is 31.8 Å².